The van der Waals surface area contributed by atoms with Gasteiger partial charge in [0.05, 0.1) is 4.90 Å². The molecule has 2 atom stereocenters. The number of hydrogen-bond donors (Lipinski definition) is 0. The first-order chi connectivity index (χ1) is 14.8. The van der Waals surface area contributed by atoms with Gasteiger partial charge in [0, 0.05) is 50.5 Å². The number of carbonyl (C=O) groups excluding carboxylic acids is 1. The van der Waals surface area contributed by atoms with Crippen molar-refractivity contribution >= 4 is 21.6 Å². The highest BCUT2D eigenvalue weighted by Crippen LogP contribution is 2.27. The molecule has 6 nitrogen and oxygen atoms in total. The van der Waals surface area contributed by atoms with Crippen LogP contribution in [0.15, 0.2) is 59.5 Å². The fourth-order valence-electron chi connectivity index (χ4n) is 4.73. The molecule has 2 saturated heterocycles. The molecule has 2 aliphatic heterocycles. The summed E-state index contributed by atoms with van der Waals surface area (Å²) in [6, 6.07) is 16.7. The third-order valence-electron chi connectivity index (χ3n) is 6.24. The number of sulfonamides is 1. The van der Waals surface area contributed by atoms with Crippen LogP contribution in [-0.2, 0) is 10.0 Å². The van der Waals surface area contributed by atoms with Crippen LogP contribution in [0.3, 0.4) is 0 Å². The van der Waals surface area contributed by atoms with Crippen molar-refractivity contribution in [2.45, 2.75) is 25.2 Å². The van der Waals surface area contributed by atoms with E-state index in [1.807, 2.05) is 23.1 Å². The number of rotatable bonds is 4. The van der Waals surface area contributed by atoms with E-state index in [1.165, 1.54) is 0 Å². The predicted octanol–water partition coefficient (Wildman–Crippen LogP) is 3.32. The van der Waals surface area contributed by atoms with Crippen LogP contribution in [-0.4, -0.2) is 62.8 Å². The van der Waals surface area contributed by atoms with Gasteiger partial charge in [0.25, 0.3) is 5.91 Å². The minimum absolute atomic E-state index is 0.106. The summed E-state index contributed by atoms with van der Waals surface area (Å²) in [7, 11) is -3.61. The van der Waals surface area contributed by atoms with Crippen LogP contribution in [0, 0.1) is 11.8 Å². The van der Waals surface area contributed by atoms with E-state index in [0.717, 1.165) is 25.2 Å². The van der Waals surface area contributed by atoms with E-state index < -0.39 is 10.0 Å². The second-order valence-corrected chi connectivity index (χ2v) is 10.8. The van der Waals surface area contributed by atoms with Gasteiger partial charge in [0.15, 0.2) is 0 Å². The Balaban J connectivity index is 1.46. The molecule has 0 aromatic heterocycles. The lowest BCUT2D eigenvalue weighted by atomic mass is 9.94. The molecule has 0 bridgehead atoms. The normalized spacial score (nSPS) is 23.0. The predicted molar refractivity (Wildman–Crippen MR) is 123 cm³/mol. The van der Waals surface area contributed by atoms with Crippen molar-refractivity contribution in [3.05, 3.63) is 60.2 Å². The molecule has 1 amide bonds. The molecule has 0 radical (unpaired) electrons. The molecular formula is C24H31N3O3S. The van der Waals surface area contributed by atoms with Gasteiger partial charge in [-0.25, -0.2) is 8.42 Å². The number of nitrogens with zero attached hydrogens (tertiary/aromatic N) is 3. The van der Waals surface area contributed by atoms with Gasteiger partial charge in [-0.3, -0.25) is 4.79 Å². The Bertz CT molecular complexity index is 1010. The lowest BCUT2D eigenvalue weighted by molar-refractivity contribution is 0.0746. The monoisotopic (exact) mass is 441 g/mol. The Morgan fingerprint density at radius 1 is 0.871 bits per heavy atom. The maximum atomic E-state index is 13.2. The maximum Gasteiger partial charge on any atom is 0.254 e. The first-order valence-electron chi connectivity index (χ1n) is 11.0. The van der Waals surface area contributed by atoms with E-state index in [2.05, 4.69) is 30.9 Å². The van der Waals surface area contributed by atoms with Crippen molar-refractivity contribution in [1.29, 1.82) is 0 Å². The van der Waals surface area contributed by atoms with Crippen LogP contribution in [0.4, 0.5) is 5.69 Å². The van der Waals surface area contributed by atoms with Crippen LogP contribution in [0.5, 0.6) is 0 Å². The Hall–Kier alpha value is -2.38. The third-order valence-corrected chi connectivity index (χ3v) is 8.07. The van der Waals surface area contributed by atoms with Gasteiger partial charge in [-0.2, -0.15) is 4.31 Å². The number of benzene rings is 2. The molecule has 166 valence electrons. The Morgan fingerprint density at radius 3 is 2.16 bits per heavy atom. The van der Waals surface area contributed by atoms with Gasteiger partial charge >= 0.3 is 0 Å². The van der Waals surface area contributed by atoms with Crippen molar-refractivity contribution < 1.29 is 13.2 Å². The number of piperazine rings is 1. The van der Waals surface area contributed by atoms with Crippen molar-refractivity contribution in [2.75, 3.05) is 44.2 Å². The minimum Gasteiger partial charge on any atom is -0.368 e. The molecule has 2 aliphatic rings. The van der Waals surface area contributed by atoms with Crippen LogP contribution in [0.25, 0.3) is 0 Å². The van der Waals surface area contributed by atoms with Crippen molar-refractivity contribution in [2.24, 2.45) is 11.8 Å². The SMILES string of the molecule is CC1CC(C)CN(S(=O)(=O)c2cccc(C(=O)N3CCN(c4ccccc4)CC3)c2)C1. The molecular weight excluding hydrogens is 410 g/mol. The quantitative estimate of drug-likeness (QED) is 0.730. The van der Waals surface area contributed by atoms with Crippen molar-refractivity contribution in [1.82, 2.24) is 9.21 Å². The molecule has 7 heteroatoms. The van der Waals surface area contributed by atoms with Crippen molar-refractivity contribution in [3.63, 3.8) is 0 Å². The standard InChI is InChI=1S/C24H31N3O3S/c1-19-15-20(2)18-27(17-19)31(29,30)23-10-6-7-21(16-23)24(28)26-13-11-25(12-14-26)22-8-4-3-5-9-22/h3-10,16,19-20H,11-15,17-18H2,1-2H3. The highest BCUT2D eigenvalue weighted by atomic mass is 32.2. The summed E-state index contributed by atoms with van der Waals surface area (Å²) < 4.78 is 28.0. The van der Waals surface area contributed by atoms with Crippen LogP contribution >= 0.6 is 0 Å². The Labute approximate surface area is 185 Å². The lowest BCUT2D eigenvalue weighted by Gasteiger charge is -2.36. The minimum atomic E-state index is -3.61. The number of amides is 1. The highest BCUT2D eigenvalue weighted by Gasteiger charge is 2.32. The summed E-state index contributed by atoms with van der Waals surface area (Å²) in [4.78, 5) is 17.4. The second-order valence-electron chi connectivity index (χ2n) is 8.91. The molecule has 0 aliphatic carbocycles. The largest absolute Gasteiger partial charge is 0.368 e. The van der Waals surface area contributed by atoms with Crippen LogP contribution in [0.2, 0.25) is 0 Å². The maximum absolute atomic E-state index is 13.2. The number of anilines is 1. The smallest absolute Gasteiger partial charge is 0.254 e. The molecule has 2 aromatic carbocycles. The molecule has 2 aromatic rings. The van der Waals surface area contributed by atoms with Gasteiger partial charge < -0.3 is 9.80 Å². The fraction of sp³-hybridized carbons (Fsp3) is 0.458. The van der Waals surface area contributed by atoms with Gasteiger partial charge in [-0.1, -0.05) is 38.1 Å². The van der Waals surface area contributed by atoms with Gasteiger partial charge in [-0.05, 0) is 48.6 Å². The Kier molecular flexibility index (Phi) is 6.34. The molecule has 2 heterocycles. The molecule has 0 saturated carbocycles. The zero-order valence-corrected chi connectivity index (χ0v) is 19.1. The lowest BCUT2D eigenvalue weighted by Crippen LogP contribution is -2.48. The van der Waals surface area contributed by atoms with Crippen LogP contribution < -0.4 is 4.90 Å². The summed E-state index contributed by atoms with van der Waals surface area (Å²) in [5, 5.41) is 0. The molecule has 31 heavy (non-hydrogen) atoms. The number of para-hydroxylation sites is 1. The van der Waals surface area contributed by atoms with E-state index in [9.17, 15) is 13.2 Å². The zero-order valence-electron chi connectivity index (χ0n) is 18.3. The van der Waals surface area contributed by atoms with E-state index in [0.29, 0.717) is 43.6 Å². The third kappa shape index (κ3) is 4.77. The molecule has 2 fully saturated rings. The number of piperidine rings is 1. The first-order valence-corrected chi connectivity index (χ1v) is 12.5. The number of hydrogen-bond acceptors (Lipinski definition) is 4. The highest BCUT2D eigenvalue weighted by molar-refractivity contribution is 7.89. The summed E-state index contributed by atoms with van der Waals surface area (Å²) in [5.74, 6) is 0.568. The zero-order chi connectivity index (χ0) is 22.0. The summed E-state index contributed by atoms with van der Waals surface area (Å²) in [6.07, 6.45) is 1.04. The molecule has 4 rings (SSSR count). The first kappa shape index (κ1) is 21.8. The van der Waals surface area contributed by atoms with E-state index in [1.54, 1.807) is 28.6 Å². The fourth-order valence-corrected chi connectivity index (χ4v) is 6.46. The van der Waals surface area contributed by atoms with Crippen LogP contribution in [0.1, 0.15) is 30.6 Å². The second kappa shape index (κ2) is 9.01. The van der Waals surface area contributed by atoms with E-state index >= 15 is 0 Å². The van der Waals surface area contributed by atoms with Gasteiger partial charge in [-0.15, -0.1) is 0 Å². The van der Waals surface area contributed by atoms with Gasteiger partial charge in [0.2, 0.25) is 10.0 Å². The average Bonchev–Trinajstić information content (AvgIpc) is 2.79. The van der Waals surface area contributed by atoms with Gasteiger partial charge in [0.1, 0.15) is 0 Å². The molecule has 0 N–H and O–H groups in total. The molecule has 2 unspecified atom stereocenters. The topological polar surface area (TPSA) is 60.9 Å². The Morgan fingerprint density at radius 2 is 1.52 bits per heavy atom. The summed E-state index contributed by atoms with van der Waals surface area (Å²) >= 11 is 0. The number of carbonyl (C=O) groups is 1. The molecule has 0 spiro atoms. The summed E-state index contributed by atoms with van der Waals surface area (Å²) in [5.41, 5.74) is 1.60. The van der Waals surface area contributed by atoms with Crippen molar-refractivity contribution in [3.8, 4) is 0 Å². The average molecular weight is 442 g/mol. The van der Waals surface area contributed by atoms with E-state index in [4.69, 9.17) is 0 Å². The summed E-state index contributed by atoms with van der Waals surface area (Å²) in [6.45, 7) is 8.01. The van der Waals surface area contributed by atoms with E-state index in [-0.39, 0.29) is 10.8 Å².